The normalized spacial score (nSPS) is 23.7. The number of morpholine rings is 1. The summed E-state index contributed by atoms with van der Waals surface area (Å²) in [6.45, 7) is 11.8. The van der Waals surface area contributed by atoms with Crippen molar-refractivity contribution in [3.8, 4) is 17.2 Å². The molecule has 17 nitrogen and oxygen atoms in total. The zero-order valence-electron chi connectivity index (χ0n) is 38.6. The molecule has 1 spiro atoms. The summed E-state index contributed by atoms with van der Waals surface area (Å²) in [7, 11) is 3.02. The van der Waals surface area contributed by atoms with E-state index in [4.69, 9.17) is 33.2 Å². The van der Waals surface area contributed by atoms with Gasteiger partial charge in [0.25, 0.3) is 11.8 Å². The highest BCUT2D eigenvalue weighted by molar-refractivity contribution is 6.07. The van der Waals surface area contributed by atoms with Gasteiger partial charge in [0, 0.05) is 49.6 Å². The lowest BCUT2D eigenvalue weighted by atomic mass is 10.0. The van der Waals surface area contributed by atoms with Gasteiger partial charge in [0.2, 0.25) is 0 Å². The number of carbonyl (C=O) groups excluding carboxylic acids is 4. The van der Waals surface area contributed by atoms with Gasteiger partial charge in [0.15, 0.2) is 17.7 Å². The lowest BCUT2D eigenvalue weighted by molar-refractivity contribution is 0.0495. The third-order valence-corrected chi connectivity index (χ3v) is 13.8. The molecule has 1 aliphatic carbocycles. The monoisotopic (exact) mass is 933 g/mol. The number of benzene rings is 3. The van der Waals surface area contributed by atoms with Crippen LogP contribution in [0.1, 0.15) is 64.8 Å². The Bertz CT molecular complexity index is 2460. The van der Waals surface area contributed by atoms with Gasteiger partial charge < -0.3 is 53.0 Å². The fourth-order valence-electron chi connectivity index (χ4n) is 10.2. The van der Waals surface area contributed by atoms with E-state index >= 15 is 0 Å². The first kappa shape index (κ1) is 46.5. The lowest BCUT2D eigenvalue weighted by Crippen LogP contribution is -2.50. The van der Waals surface area contributed by atoms with E-state index in [-0.39, 0.29) is 60.4 Å². The molecule has 6 aliphatic rings. The van der Waals surface area contributed by atoms with Crippen molar-refractivity contribution in [3.63, 3.8) is 0 Å². The standard InChI is InChI=1S/C51H59N5O12/c1-5-18-67-49(60)54-31-36-24-34(33-10-12-35(13-11-33)52-16-22-64-23-17-52)30-53(36)46(57)39-26-43(63-4)44(27-41(39)54)65-20-8-7-9-21-66-45-29-51(45)28-42-48(59)56(50(61)68-19-6-2)40-15-14-37(62-3)25-38(40)47(58)55(42)32-51/h5-6,10-15,25-27,30,36,42,45,48,59H,1-2,7-9,16-24,28-29,31-32H2,3-4H3/t36-,42?,45?,48?,51?/m0/s1. The largest absolute Gasteiger partial charge is 0.497 e. The molecule has 9 rings (SSSR count). The Morgan fingerprint density at radius 1 is 0.838 bits per heavy atom. The quantitative estimate of drug-likeness (QED) is 0.120. The molecule has 3 aromatic carbocycles. The van der Waals surface area contributed by atoms with Crippen LogP contribution in [0, 0.1) is 5.41 Å². The molecule has 360 valence electrons. The fourth-order valence-corrected chi connectivity index (χ4v) is 10.2. The summed E-state index contributed by atoms with van der Waals surface area (Å²) < 4.78 is 40.2. The summed E-state index contributed by atoms with van der Waals surface area (Å²) in [5, 5.41) is 11.7. The highest BCUT2D eigenvalue weighted by Gasteiger charge is 2.64. The van der Waals surface area contributed by atoms with Crippen molar-refractivity contribution in [1.29, 1.82) is 0 Å². The van der Waals surface area contributed by atoms with Crippen LogP contribution in [0.5, 0.6) is 17.2 Å². The predicted octanol–water partition coefficient (Wildman–Crippen LogP) is 6.64. The number of hydrogen-bond donors (Lipinski definition) is 1. The molecular weight excluding hydrogens is 875 g/mol. The summed E-state index contributed by atoms with van der Waals surface area (Å²) in [5.41, 5.74) is 3.97. The molecule has 4 unspecified atom stereocenters. The molecule has 3 aromatic rings. The third kappa shape index (κ3) is 9.09. The molecular formula is C51H59N5O12. The molecule has 0 bridgehead atoms. The number of rotatable bonds is 16. The Hall–Kier alpha value is -6.56. The maximum atomic E-state index is 14.4. The zero-order chi connectivity index (χ0) is 47.5. The fraction of sp³-hybridized carbons (Fsp3) is 0.451. The van der Waals surface area contributed by atoms with Gasteiger partial charge in [-0.25, -0.2) is 14.5 Å². The predicted molar refractivity (Wildman–Crippen MR) is 253 cm³/mol. The van der Waals surface area contributed by atoms with Crippen LogP contribution in [-0.2, 0) is 18.9 Å². The summed E-state index contributed by atoms with van der Waals surface area (Å²) in [4.78, 5) is 63.6. The summed E-state index contributed by atoms with van der Waals surface area (Å²) in [6.07, 6.45) is 6.01. The van der Waals surface area contributed by atoms with E-state index in [2.05, 4.69) is 42.3 Å². The van der Waals surface area contributed by atoms with E-state index in [1.54, 1.807) is 40.1 Å². The zero-order valence-corrected chi connectivity index (χ0v) is 38.6. The molecule has 3 fully saturated rings. The summed E-state index contributed by atoms with van der Waals surface area (Å²) in [5.74, 6) is 0.666. The second-order valence-corrected chi connectivity index (χ2v) is 17.9. The number of unbranched alkanes of at least 4 members (excludes halogenated alkanes) is 2. The maximum Gasteiger partial charge on any atom is 0.416 e. The summed E-state index contributed by atoms with van der Waals surface area (Å²) >= 11 is 0. The number of carbonyl (C=O) groups is 4. The van der Waals surface area contributed by atoms with Gasteiger partial charge in [-0.1, -0.05) is 37.4 Å². The van der Waals surface area contributed by atoms with E-state index in [0.717, 1.165) is 54.1 Å². The van der Waals surface area contributed by atoms with E-state index in [0.29, 0.717) is 80.7 Å². The first-order valence-corrected chi connectivity index (χ1v) is 23.3. The Balaban J connectivity index is 0.810. The first-order valence-electron chi connectivity index (χ1n) is 23.3. The van der Waals surface area contributed by atoms with Crippen LogP contribution >= 0.6 is 0 Å². The van der Waals surface area contributed by atoms with Crippen molar-refractivity contribution in [1.82, 2.24) is 9.80 Å². The highest BCUT2D eigenvalue weighted by Crippen LogP contribution is 2.58. The van der Waals surface area contributed by atoms with Gasteiger partial charge >= 0.3 is 12.2 Å². The molecule has 1 saturated carbocycles. The molecule has 17 heteroatoms. The second kappa shape index (κ2) is 20.0. The van der Waals surface area contributed by atoms with Crippen molar-refractivity contribution in [2.75, 3.05) is 94.7 Å². The number of fused-ring (bicyclic) bond motifs is 4. The van der Waals surface area contributed by atoms with Gasteiger partial charge in [0.1, 0.15) is 19.0 Å². The smallest absolute Gasteiger partial charge is 0.416 e. The topological polar surface area (TPSA) is 169 Å². The van der Waals surface area contributed by atoms with Crippen LogP contribution in [-0.4, -0.2) is 143 Å². The van der Waals surface area contributed by atoms with Gasteiger partial charge in [-0.15, -0.1) is 0 Å². The Morgan fingerprint density at radius 3 is 2.31 bits per heavy atom. The Morgan fingerprint density at radius 2 is 1.57 bits per heavy atom. The molecule has 1 N–H and O–H groups in total. The van der Waals surface area contributed by atoms with Crippen molar-refractivity contribution >= 4 is 46.6 Å². The Kier molecular flexibility index (Phi) is 13.7. The molecule has 4 amide bonds. The van der Waals surface area contributed by atoms with E-state index in [9.17, 15) is 24.3 Å². The minimum atomic E-state index is -1.34. The average molecular weight is 934 g/mol. The van der Waals surface area contributed by atoms with E-state index in [1.807, 2.05) is 6.20 Å². The van der Waals surface area contributed by atoms with Crippen LogP contribution in [0.2, 0.25) is 0 Å². The maximum absolute atomic E-state index is 14.4. The minimum absolute atomic E-state index is 0.0111. The summed E-state index contributed by atoms with van der Waals surface area (Å²) in [6, 6.07) is 15.5. The minimum Gasteiger partial charge on any atom is -0.497 e. The Labute approximate surface area is 396 Å². The van der Waals surface area contributed by atoms with Crippen molar-refractivity contribution in [2.45, 2.75) is 62.9 Å². The number of amides is 4. The number of methoxy groups -OCH3 is 2. The number of nitrogens with zero attached hydrogens (tertiary/aromatic N) is 5. The second-order valence-electron chi connectivity index (χ2n) is 17.9. The highest BCUT2D eigenvalue weighted by atomic mass is 16.6. The number of ether oxygens (including phenoxy) is 7. The van der Waals surface area contributed by atoms with Gasteiger partial charge in [-0.05, 0) is 86.1 Å². The van der Waals surface area contributed by atoms with Crippen molar-refractivity contribution in [2.24, 2.45) is 5.41 Å². The van der Waals surface area contributed by atoms with E-state index < -0.39 is 24.5 Å². The lowest BCUT2D eigenvalue weighted by Gasteiger charge is -2.31. The third-order valence-electron chi connectivity index (χ3n) is 13.8. The molecule has 5 atom stereocenters. The van der Waals surface area contributed by atoms with Crippen LogP contribution < -0.4 is 28.9 Å². The molecule has 5 aliphatic heterocycles. The first-order chi connectivity index (χ1) is 33.1. The van der Waals surface area contributed by atoms with Gasteiger partial charge in [-0.3, -0.25) is 14.5 Å². The number of hydrogen-bond acceptors (Lipinski definition) is 13. The van der Waals surface area contributed by atoms with Crippen LogP contribution in [0.25, 0.3) is 5.57 Å². The average Bonchev–Trinajstić information content (AvgIpc) is 3.69. The molecule has 5 heterocycles. The van der Waals surface area contributed by atoms with Gasteiger partial charge in [-0.2, -0.15) is 0 Å². The van der Waals surface area contributed by atoms with E-state index in [1.165, 1.54) is 31.3 Å². The molecule has 0 aromatic heterocycles. The molecule has 2 saturated heterocycles. The van der Waals surface area contributed by atoms with Gasteiger partial charge in [0.05, 0.1) is 81.3 Å². The van der Waals surface area contributed by atoms with Crippen molar-refractivity contribution < 1.29 is 57.4 Å². The van der Waals surface area contributed by atoms with Crippen molar-refractivity contribution in [3.05, 3.63) is 103 Å². The number of anilines is 3. The molecule has 0 radical (unpaired) electrons. The molecule has 68 heavy (non-hydrogen) atoms. The van der Waals surface area contributed by atoms with Crippen LogP contribution in [0.4, 0.5) is 26.7 Å². The van der Waals surface area contributed by atoms with Crippen LogP contribution in [0.15, 0.2) is 86.1 Å². The number of aliphatic hydroxyl groups excluding tert-OH is 1. The van der Waals surface area contributed by atoms with Crippen LogP contribution in [0.3, 0.4) is 0 Å². The SMILES string of the molecule is C=CCOC(=O)N1C[C@@H]2CC(c3ccc(N4CCOCC4)cc3)=CN2C(=O)c2cc(OC)c(OCCCCCOC3CC34CC3C(O)N(C(=O)OCC=C)c5ccc(OC)cc5C(=O)N3C4)cc21. The number of aliphatic hydroxyl groups is 1.